The molecule has 0 unspecified atom stereocenters. The van der Waals surface area contributed by atoms with E-state index in [0.717, 1.165) is 0 Å². The van der Waals surface area contributed by atoms with Gasteiger partial charge in [0.15, 0.2) is 0 Å². The van der Waals surface area contributed by atoms with Crippen LogP contribution in [-0.4, -0.2) is 12.7 Å². The summed E-state index contributed by atoms with van der Waals surface area (Å²) in [5.74, 6) is 0. The van der Waals surface area contributed by atoms with E-state index in [9.17, 15) is 4.57 Å². The number of rotatable bonds is 6. The molecule has 0 amide bonds. The molecule has 19 heavy (non-hydrogen) atoms. The van der Waals surface area contributed by atoms with Crippen molar-refractivity contribution < 1.29 is 23.3 Å². The Hall–Kier alpha value is -1.91. The van der Waals surface area contributed by atoms with E-state index in [0.29, 0.717) is 0 Å². The summed E-state index contributed by atoms with van der Waals surface area (Å²) in [6, 6.07) is 10.7. The van der Waals surface area contributed by atoms with E-state index < -0.39 is 7.60 Å². The second-order valence-electron chi connectivity index (χ2n) is 3.76. The van der Waals surface area contributed by atoms with Crippen LogP contribution in [0.4, 0.5) is 0 Å². The number of hydrogen-bond donors (Lipinski definition) is 1. The van der Waals surface area contributed by atoms with Crippen LogP contribution >= 0.6 is 7.60 Å². The molecule has 0 radical (unpaired) electrons. The van der Waals surface area contributed by atoms with Gasteiger partial charge in [-0.2, -0.15) is 9.25 Å². The molecule has 0 atom stereocenters. The zero-order chi connectivity index (χ0) is 13.6. The molecule has 2 N–H and O–H groups in total. The fourth-order valence-corrected chi connectivity index (χ4v) is 2.72. The molecule has 2 aromatic heterocycles. The summed E-state index contributed by atoms with van der Waals surface area (Å²) in [6.45, 7) is 0.206. The minimum atomic E-state index is -3.36. The molecule has 7 heteroatoms. The highest BCUT2D eigenvalue weighted by Gasteiger charge is 2.37. The van der Waals surface area contributed by atoms with Gasteiger partial charge >= 0.3 is 7.60 Å². The maximum Gasteiger partial charge on any atom is 0.549 e. The summed E-state index contributed by atoms with van der Waals surface area (Å²) in [5.41, 5.74) is 5.47. The fourth-order valence-electron chi connectivity index (χ4n) is 1.42. The van der Waals surface area contributed by atoms with Crippen LogP contribution in [0.15, 0.2) is 61.2 Å². The van der Waals surface area contributed by atoms with Crippen molar-refractivity contribution in [2.24, 2.45) is 5.73 Å². The van der Waals surface area contributed by atoms with Crippen molar-refractivity contribution in [1.29, 1.82) is 0 Å². The van der Waals surface area contributed by atoms with Crippen molar-refractivity contribution >= 4 is 7.60 Å². The topological polar surface area (TPSA) is 69.3 Å². The summed E-state index contributed by atoms with van der Waals surface area (Å²) < 4.78 is 26.1. The maximum atomic E-state index is 12.6. The zero-order valence-corrected chi connectivity index (χ0v) is 11.2. The Labute approximate surface area is 111 Å². The van der Waals surface area contributed by atoms with Crippen LogP contribution in [0.5, 0.6) is 0 Å². The summed E-state index contributed by atoms with van der Waals surface area (Å²) in [6.07, 6.45) is 6.69. The Bertz CT molecular complexity index is 505. The van der Waals surface area contributed by atoms with Crippen LogP contribution in [0.25, 0.3) is 0 Å². The Kier molecular flexibility index (Phi) is 4.49. The number of pyridine rings is 2. The summed E-state index contributed by atoms with van der Waals surface area (Å²) >= 11 is 0. The molecule has 6 nitrogen and oxygen atoms in total. The lowest BCUT2D eigenvalue weighted by atomic mass is 10.5. The maximum absolute atomic E-state index is 12.6. The van der Waals surface area contributed by atoms with Gasteiger partial charge < -0.3 is 5.73 Å². The predicted octanol–water partition coefficient (Wildman–Crippen LogP) is -0.0292. The second-order valence-corrected chi connectivity index (χ2v) is 5.75. The van der Waals surface area contributed by atoms with Gasteiger partial charge in [0.05, 0.1) is 6.16 Å². The largest absolute Gasteiger partial charge is 0.549 e. The van der Waals surface area contributed by atoms with Crippen molar-refractivity contribution in [2.75, 3.05) is 12.7 Å². The van der Waals surface area contributed by atoms with Gasteiger partial charge in [0.2, 0.25) is 24.8 Å². The van der Waals surface area contributed by atoms with Crippen molar-refractivity contribution in [1.82, 2.24) is 0 Å². The van der Waals surface area contributed by atoms with Crippen LogP contribution in [0.3, 0.4) is 0 Å². The smallest absolute Gasteiger partial charge is 0.330 e. The second kappa shape index (κ2) is 6.31. The Morgan fingerprint density at radius 2 is 1.26 bits per heavy atom. The van der Waals surface area contributed by atoms with Crippen molar-refractivity contribution in [3.63, 3.8) is 0 Å². The minimum Gasteiger partial charge on any atom is -0.330 e. The van der Waals surface area contributed by atoms with Gasteiger partial charge in [-0.3, -0.25) is 0 Å². The fraction of sp³-hybridized carbons (Fsp3) is 0.167. The highest BCUT2D eigenvalue weighted by molar-refractivity contribution is 7.53. The van der Waals surface area contributed by atoms with Gasteiger partial charge in [-0.25, -0.2) is 4.57 Å². The van der Waals surface area contributed by atoms with E-state index in [-0.39, 0.29) is 12.7 Å². The highest BCUT2D eigenvalue weighted by atomic mass is 31.2. The lowest BCUT2D eigenvalue weighted by molar-refractivity contribution is -0.886. The normalized spacial score (nSPS) is 11.0. The Morgan fingerprint density at radius 3 is 1.63 bits per heavy atom. The first-order valence-corrected chi connectivity index (χ1v) is 7.56. The molecule has 0 aliphatic carbocycles. The zero-order valence-electron chi connectivity index (χ0n) is 10.3. The molecule has 2 rings (SSSR count). The van der Waals surface area contributed by atoms with Gasteiger partial charge in [0.1, 0.15) is 0 Å². The first kappa shape index (κ1) is 13.5. The third-order valence-electron chi connectivity index (χ3n) is 2.22. The average molecular weight is 281 g/mol. The van der Waals surface area contributed by atoms with E-state index in [1.54, 1.807) is 49.1 Å². The molecular formula is C12H16N3O3P+2. The van der Waals surface area contributed by atoms with E-state index in [1.807, 2.05) is 12.1 Å². The molecule has 0 saturated heterocycles. The van der Waals surface area contributed by atoms with E-state index >= 15 is 0 Å². The number of nitrogens with zero attached hydrogens (tertiary/aromatic N) is 2. The molecule has 0 spiro atoms. The van der Waals surface area contributed by atoms with Crippen molar-refractivity contribution in [3.05, 3.63) is 61.2 Å². The lowest BCUT2D eigenvalue weighted by Gasteiger charge is -2.08. The predicted molar refractivity (Wildman–Crippen MR) is 68.0 cm³/mol. The van der Waals surface area contributed by atoms with Crippen LogP contribution < -0.4 is 24.4 Å². The minimum absolute atomic E-state index is 0.122. The molecule has 0 saturated carbocycles. The van der Waals surface area contributed by atoms with Gasteiger partial charge in [-0.1, -0.05) is 12.1 Å². The molecule has 100 valence electrons. The molecule has 2 aromatic rings. The van der Waals surface area contributed by atoms with Crippen molar-refractivity contribution in [3.8, 4) is 0 Å². The Morgan fingerprint density at radius 1 is 0.842 bits per heavy atom. The van der Waals surface area contributed by atoms with Gasteiger partial charge in [-0.15, -0.1) is 0 Å². The number of aromatic nitrogens is 2. The first-order valence-electron chi connectivity index (χ1n) is 5.84. The van der Waals surface area contributed by atoms with E-state index in [4.69, 9.17) is 15.0 Å². The molecular weight excluding hydrogens is 265 g/mol. The van der Waals surface area contributed by atoms with Crippen LogP contribution in [0.1, 0.15) is 0 Å². The van der Waals surface area contributed by atoms with Crippen LogP contribution in [0, 0.1) is 0 Å². The van der Waals surface area contributed by atoms with Crippen LogP contribution in [-0.2, 0) is 4.57 Å². The SMILES string of the molecule is NCCP(=O)(O[n+]1ccccc1)O[n+]1ccccc1. The molecule has 2 heterocycles. The molecule has 0 fully saturated rings. The average Bonchev–Trinajstić information content (AvgIpc) is 2.41. The monoisotopic (exact) mass is 281 g/mol. The third kappa shape index (κ3) is 4.05. The number of nitrogens with two attached hydrogens (primary N) is 1. The molecule has 0 aromatic carbocycles. The summed E-state index contributed by atoms with van der Waals surface area (Å²) in [7, 11) is -3.36. The first-order chi connectivity index (χ1) is 9.22. The lowest BCUT2D eigenvalue weighted by Crippen LogP contribution is -2.48. The van der Waals surface area contributed by atoms with Gasteiger partial charge in [-0.05, 0) is 0 Å². The van der Waals surface area contributed by atoms with E-state index in [2.05, 4.69) is 0 Å². The van der Waals surface area contributed by atoms with Gasteiger partial charge in [0, 0.05) is 40.3 Å². The molecule has 0 bridgehead atoms. The summed E-state index contributed by atoms with van der Waals surface area (Å²) in [5, 5.41) is 0. The quantitative estimate of drug-likeness (QED) is 0.596. The van der Waals surface area contributed by atoms with Crippen molar-refractivity contribution in [2.45, 2.75) is 0 Å². The van der Waals surface area contributed by atoms with Crippen LogP contribution in [0.2, 0.25) is 0 Å². The molecule has 0 aliphatic rings. The van der Waals surface area contributed by atoms with Gasteiger partial charge in [0.25, 0.3) is 0 Å². The summed E-state index contributed by atoms with van der Waals surface area (Å²) in [4.78, 5) is 0. The standard InChI is InChI=1S/C12H16N3O3P/c13-7-12-19(16,17-14-8-3-1-4-9-14)18-15-10-5-2-6-11-15/h1-6,8-11H,7,12-13H2/q+2. The molecule has 0 aliphatic heterocycles. The third-order valence-corrected chi connectivity index (χ3v) is 3.90. The highest BCUT2D eigenvalue weighted by Crippen LogP contribution is 2.37. The Balaban J connectivity index is 2.16. The number of hydrogen-bond acceptors (Lipinski definition) is 4. The van der Waals surface area contributed by atoms with E-state index in [1.165, 1.54) is 9.46 Å².